The quantitative estimate of drug-likeness (QED) is 0.902. The number of nitrogens with one attached hydrogen (secondary N) is 1. The number of hydrogen-bond acceptors (Lipinski definition) is 3. The second-order valence-electron chi connectivity index (χ2n) is 5.29. The first-order valence-corrected chi connectivity index (χ1v) is 7.92. The van der Waals surface area contributed by atoms with E-state index in [1.54, 1.807) is 0 Å². The molecule has 2 heterocycles. The molecule has 2 nitrogen and oxygen atoms in total. The zero-order valence-electron chi connectivity index (χ0n) is 10.7. The summed E-state index contributed by atoms with van der Waals surface area (Å²) in [4.78, 5) is 1.48. The Bertz CT molecular complexity index is 390. The highest BCUT2D eigenvalue weighted by atomic mass is 32.2. The molecule has 0 saturated carbocycles. The average Bonchev–Trinajstić information content (AvgIpc) is 2.84. The third-order valence-corrected chi connectivity index (χ3v) is 5.13. The van der Waals surface area contributed by atoms with E-state index in [0.717, 1.165) is 32.2 Å². The second kappa shape index (κ2) is 6.09. The van der Waals surface area contributed by atoms with Crippen LogP contribution in [0.25, 0.3) is 0 Å². The van der Waals surface area contributed by atoms with E-state index in [1.807, 2.05) is 11.8 Å². The van der Waals surface area contributed by atoms with Crippen LogP contribution in [-0.4, -0.2) is 32.1 Å². The third kappa shape index (κ3) is 2.90. The molecule has 18 heavy (non-hydrogen) atoms. The lowest BCUT2D eigenvalue weighted by molar-refractivity contribution is 0.0548. The Hall–Kier alpha value is -0.510. The fraction of sp³-hybridized carbons (Fsp3) is 0.600. The van der Waals surface area contributed by atoms with Crippen molar-refractivity contribution in [3.63, 3.8) is 0 Å². The van der Waals surface area contributed by atoms with Crippen LogP contribution in [0.4, 0.5) is 0 Å². The Morgan fingerprint density at radius 1 is 1.28 bits per heavy atom. The molecule has 0 bridgehead atoms. The van der Waals surface area contributed by atoms with E-state index in [-0.39, 0.29) is 0 Å². The van der Waals surface area contributed by atoms with Crippen molar-refractivity contribution < 1.29 is 4.74 Å². The van der Waals surface area contributed by atoms with Crippen LogP contribution in [0.3, 0.4) is 0 Å². The van der Waals surface area contributed by atoms with Crippen molar-refractivity contribution in [1.29, 1.82) is 0 Å². The number of hydrogen-bond donors (Lipinski definition) is 1. The SMILES string of the molecule is c1ccc2c(c1)SCC2CNCC1CCCOC1. The van der Waals surface area contributed by atoms with Crippen molar-refractivity contribution in [2.24, 2.45) is 5.92 Å². The van der Waals surface area contributed by atoms with Gasteiger partial charge >= 0.3 is 0 Å². The molecule has 1 aromatic carbocycles. The van der Waals surface area contributed by atoms with Crippen LogP contribution in [0.1, 0.15) is 24.3 Å². The highest BCUT2D eigenvalue weighted by molar-refractivity contribution is 7.99. The summed E-state index contributed by atoms with van der Waals surface area (Å²) in [6.45, 7) is 4.13. The first-order chi connectivity index (χ1) is 8.93. The van der Waals surface area contributed by atoms with Gasteiger partial charge in [0.2, 0.25) is 0 Å². The van der Waals surface area contributed by atoms with Gasteiger partial charge < -0.3 is 10.1 Å². The lowest BCUT2D eigenvalue weighted by Crippen LogP contribution is -2.31. The van der Waals surface area contributed by atoms with E-state index in [4.69, 9.17) is 4.74 Å². The fourth-order valence-corrected chi connectivity index (χ4v) is 4.08. The lowest BCUT2D eigenvalue weighted by Gasteiger charge is -2.23. The molecule has 2 unspecified atom stereocenters. The van der Waals surface area contributed by atoms with Crippen LogP contribution in [0.2, 0.25) is 0 Å². The summed E-state index contributed by atoms with van der Waals surface area (Å²) in [5, 5.41) is 3.64. The maximum Gasteiger partial charge on any atom is 0.0506 e. The van der Waals surface area contributed by atoms with Crippen LogP contribution in [0, 0.1) is 5.92 Å². The highest BCUT2D eigenvalue weighted by Crippen LogP contribution is 2.38. The molecule has 0 aromatic heterocycles. The van der Waals surface area contributed by atoms with E-state index in [1.165, 1.54) is 29.1 Å². The van der Waals surface area contributed by atoms with Crippen molar-refractivity contribution in [3.05, 3.63) is 29.8 Å². The molecular weight excluding hydrogens is 242 g/mol. The maximum atomic E-state index is 5.52. The number of rotatable bonds is 4. The Morgan fingerprint density at radius 3 is 3.11 bits per heavy atom. The van der Waals surface area contributed by atoms with Crippen LogP contribution >= 0.6 is 11.8 Å². The Balaban J connectivity index is 1.47. The molecule has 0 aliphatic carbocycles. The van der Waals surface area contributed by atoms with Gasteiger partial charge in [0.05, 0.1) is 6.61 Å². The minimum Gasteiger partial charge on any atom is -0.381 e. The summed E-state index contributed by atoms with van der Waals surface area (Å²) >= 11 is 2.00. The van der Waals surface area contributed by atoms with Crippen LogP contribution in [0.5, 0.6) is 0 Å². The van der Waals surface area contributed by atoms with E-state index in [2.05, 4.69) is 29.6 Å². The summed E-state index contributed by atoms with van der Waals surface area (Å²) in [7, 11) is 0. The number of ether oxygens (including phenoxy) is 1. The minimum atomic E-state index is 0.690. The van der Waals surface area contributed by atoms with Crippen molar-refractivity contribution in [2.75, 3.05) is 32.1 Å². The van der Waals surface area contributed by atoms with Gasteiger partial charge in [-0.25, -0.2) is 0 Å². The van der Waals surface area contributed by atoms with Crippen molar-refractivity contribution in [2.45, 2.75) is 23.7 Å². The molecule has 2 aliphatic heterocycles. The van der Waals surface area contributed by atoms with Crippen LogP contribution in [0.15, 0.2) is 29.2 Å². The molecule has 2 atom stereocenters. The summed E-state index contributed by atoms with van der Waals surface area (Å²) < 4.78 is 5.52. The third-order valence-electron chi connectivity index (χ3n) is 3.88. The zero-order valence-corrected chi connectivity index (χ0v) is 11.5. The van der Waals surface area contributed by atoms with Gasteiger partial charge in [0.15, 0.2) is 0 Å². The first kappa shape index (κ1) is 12.5. The molecule has 1 aromatic rings. The van der Waals surface area contributed by atoms with E-state index in [0.29, 0.717) is 5.92 Å². The van der Waals surface area contributed by atoms with Crippen molar-refractivity contribution >= 4 is 11.8 Å². The van der Waals surface area contributed by atoms with Crippen molar-refractivity contribution in [3.8, 4) is 0 Å². The second-order valence-corrected chi connectivity index (χ2v) is 6.35. The monoisotopic (exact) mass is 263 g/mol. The van der Waals surface area contributed by atoms with Gasteiger partial charge in [-0.05, 0) is 30.4 Å². The smallest absolute Gasteiger partial charge is 0.0506 e. The van der Waals surface area contributed by atoms with Gasteiger partial charge in [-0.15, -0.1) is 11.8 Å². The molecule has 1 N–H and O–H groups in total. The molecule has 98 valence electrons. The van der Waals surface area contributed by atoms with Gasteiger partial charge in [0.25, 0.3) is 0 Å². The first-order valence-electron chi connectivity index (χ1n) is 6.93. The van der Waals surface area contributed by atoms with E-state index < -0.39 is 0 Å². The Labute approximate surface area is 113 Å². The molecule has 0 amide bonds. The van der Waals surface area contributed by atoms with Gasteiger partial charge in [-0.1, -0.05) is 18.2 Å². The summed E-state index contributed by atoms with van der Waals surface area (Å²) in [6.07, 6.45) is 2.55. The van der Waals surface area contributed by atoms with Gasteiger partial charge in [-0.2, -0.15) is 0 Å². The van der Waals surface area contributed by atoms with Crippen LogP contribution < -0.4 is 5.32 Å². The highest BCUT2D eigenvalue weighted by Gasteiger charge is 2.22. The van der Waals surface area contributed by atoms with E-state index >= 15 is 0 Å². The standard InChI is InChI=1S/C15H21NOS/c1-2-6-15-14(5-1)13(11-18-15)9-16-8-12-4-3-7-17-10-12/h1-2,5-6,12-13,16H,3-4,7-11H2. The van der Waals surface area contributed by atoms with Gasteiger partial charge in [0.1, 0.15) is 0 Å². The van der Waals surface area contributed by atoms with E-state index in [9.17, 15) is 0 Å². The van der Waals surface area contributed by atoms with Gasteiger partial charge in [-0.3, -0.25) is 0 Å². The summed E-state index contributed by atoms with van der Waals surface area (Å²) in [6, 6.07) is 8.83. The molecule has 0 radical (unpaired) electrons. The van der Waals surface area contributed by atoms with Gasteiger partial charge in [0, 0.05) is 36.3 Å². The zero-order chi connectivity index (χ0) is 12.2. The summed E-state index contributed by atoms with van der Waals surface area (Å²) in [5.74, 6) is 2.65. The molecule has 1 fully saturated rings. The predicted molar refractivity (Wildman–Crippen MR) is 76.3 cm³/mol. The maximum absolute atomic E-state index is 5.52. The summed E-state index contributed by atoms with van der Waals surface area (Å²) in [5.41, 5.74) is 1.54. The Kier molecular flexibility index (Phi) is 4.24. The molecule has 1 saturated heterocycles. The topological polar surface area (TPSA) is 21.3 Å². The average molecular weight is 263 g/mol. The number of thioether (sulfide) groups is 1. The number of benzene rings is 1. The normalized spacial score (nSPS) is 27.1. The molecule has 3 heteroatoms. The largest absolute Gasteiger partial charge is 0.381 e. The molecular formula is C15H21NOS. The predicted octanol–water partition coefficient (Wildman–Crippen LogP) is 2.89. The molecule has 0 spiro atoms. The molecule has 2 aliphatic rings. The van der Waals surface area contributed by atoms with Crippen LogP contribution in [-0.2, 0) is 4.74 Å². The Morgan fingerprint density at radius 2 is 2.22 bits per heavy atom. The minimum absolute atomic E-state index is 0.690. The fourth-order valence-electron chi connectivity index (χ4n) is 2.83. The lowest BCUT2D eigenvalue weighted by atomic mass is 10.00. The van der Waals surface area contributed by atoms with Crippen molar-refractivity contribution in [1.82, 2.24) is 5.32 Å². The number of fused-ring (bicyclic) bond motifs is 1. The molecule has 3 rings (SSSR count).